The fraction of sp³-hybridized carbons (Fsp3) is 0.385. The normalized spacial score (nSPS) is 14.8. The van der Waals surface area contributed by atoms with E-state index in [1.165, 1.54) is 18.4 Å². The van der Waals surface area contributed by atoms with Gasteiger partial charge in [-0.3, -0.25) is 0 Å². The first-order valence-corrected chi connectivity index (χ1v) is 6.32. The van der Waals surface area contributed by atoms with Crippen molar-refractivity contribution >= 4 is 15.9 Å². The molecule has 0 heterocycles. The fourth-order valence-corrected chi connectivity index (χ4v) is 1.53. The first kappa shape index (κ1) is 11.7. The lowest BCUT2D eigenvalue weighted by Gasteiger charge is -2.07. The zero-order valence-electron chi connectivity index (χ0n) is 9.21. The van der Waals surface area contributed by atoms with Gasteiger partial charge in [-0.2, -0.15) is 0 Å². The van der Waals surface area contributed by atoms with E-state index in [-0.39, 0.29) is 0 Å². The number of rotatable bonds is 6. The molecule has 0 atom stereocenters. The largest absolute Gasteiger partial charge is 0.488 e. The van der Waals surface area contributed by atoms with Crippen LogP contribution in [0.2, 0.25) is 0 Å². The highest BCUT2D eigenvalue weighted by Crippen LogP contribution is 2.20. The Kier molecular flexibility index (Phi) is 4.02. The molecule has 0 spiro atoms. The van der Waals surface area contributed by atoms with Gasteiger partial charge in [0, 0.05) is 17.1 Å². The van der Waals surface area contributed by atoms with Gasteiger partial charge in [0.25, 0.3) is 0 Å². The van der Waals surface area contributed by atoms with Gasteiger partial charge in [-0.1, -0.05) is 34.6 Å². The standard InChI is InChI=1S/C13H16BrNO/c1-10(14)9-16-13-6-2-11(3-7-13)8-15-12-4-5-12/h2-3,6-7,12,15H,1,4-5,8-9H2. The molecule has 1 N–H and O–H groups in total. The van der Waals surface area contributed by atoms with Crippen LogP contribution in [-0.4, -0.2) is 12.6 Å². The number of nitrogens with one attached hydrogen (secondary N) is 1. The third kappa shape index (κ3) is 3.99. The van der Waals surface area contributed by atoms with Gasteiger partial charge in [-0.25, -0.2) is 0 Å². The topological polar surface area (TPSA) is 21.3 Å². The van der Waals surface area contributed by atoms with Crippen molar-refractivity contribution in [1.82, 2.24) is 5.32 Å². The maximum atomic E-state index is 5.49. The van der Waals surface area contributed by atoms with Crippen molar-refractivity contribution < 1.29 is 4.74 Å². The van der Waals surface area contributed by atoms with Crippen molar-refractivity contribution in [3.05, 3.63) is 40.9 Å². The Balaban J connectivity index is 1.80. The molecule has 0 amide bonds. The molecule has 1 aromatic rings. The van der Waals surface area contributed by atoms with Crippen molar-refractivity contribution in [1.29, 1.82) is 0 Å². The van der Waals surface area contributed by atoms with Gasteiger partial charge in [-0.05, 0) is 30.5 Å². The Labute approximate surface area is 105 Å². The van der Waals surface area contributed by atoms with Crippen LogP contribution in [0.15, 0.2) is 35.3 Å². The molecule has 1 aromatic carbocycles. The highest BCUT2D eigenvalue weighted by Gasteiger charge is 2.19. The molecule has 16 heavy (non-hydrogen) atoms. The zero-order valence-corrected chi connectivity index (χ0v) is 10.8. The average Bonchev–Trinajstić information content (AvgIpc) is 3.09. The Bertz CT molecular complexity index is 357. The number of ether oxygens (including phenoxy) is 1. The van der Waals surface area contributed by atoms with E-state index in [2.05, 4.69) is 40.0 Å². The lowest BCUT2D eigenvalue weighted by Crippen LogP contribution is -2.15. The molecule has 0 bridgehead atoms. The average molecular weight is 282 g/mol. The summed E-state index contributed by atoms with van der Waals surface area (Å²) in [6, 6.07) is 8.95. The van der Waals surface area contributed by atoms with Crippen molar-refractivity contribution in [2.45, 2.75) is 25.4 Å². The maximum Gasteiger partial charge on any atom is 0.119 e. The van der Waals surface area contributed by atoms with E-state index in [1.54, 1.807) is 0 Å². The zero-order chi connectivity index (χ0) is 11.4. The van der Waals surface area contributed by atoms with E-state index >= 15 is 0 Å². The summed E-state index contributed by atoms with van der Waals surface area (Å²) in [4.78, 5) is 0. The van der Waals surface area contributed by atoms with E-state index in [9.17, 15) is 0 Å². The van der Waals surface area contributed by atoms with E-state index in [0.717, 1.165) is 22.8 Å². The van der Waals surface area contributed by atoms with Crippen LogP contribution in [0.1, 0.15) is 18.4 Å². The monoisotopic (exact) mass is 281 g/mol. The molecule has 1 aliphatic rings. The minimum Gasteiger partial charge on any atom is -0.488 e. The second-order valence-corrected chi connectivity index (χ2v) is 5.23. The summed E-state index contributed by atoms with van der Waals surface area (Å²) in [6.07, 6.45) is 2.66. The molecule has 1 fully saturated rings. The predicted molar refractivity (Wildman–Crippen MR) is 69.9 cm³/mol. The smallest absolute Gasteiger partial charge is 0.119 e. The molecular weight excluding hydrogens is 266 g/mol. The van der Waals surface area contributed by atoms with E-state index < -0.39 is 0 Å². The quantitative estimate of drug-likeness (QED) is 0.865. The summed E-state index contributed by atoms with van der Waals surface area (Å²) < 4.78 is 6.35. The van der Waals surface area contributed by atoms with Gasteiger partial charge in [-0.15, -0.1) is 0 Å². The summed E-state index contributed by atoms with van der Waals surface area (Å²) in [7, 11) is 0. The van der Waals surface area contributed by atoms with Crippen LogP contribution in [0.5, 0.6) is 5.75 Å². The second kappa shape index (κ2) is 5.51. The molecule has 3 heteroatoms. The van der Waals surface area contributed by atoms with Gasteiger partial charge in [0.05, 0.1) is 0 Å². The number of hydrogen-bond acceptors (Lipinski definition) is 2. The summed E-state index contributed by atoms with van der Waals surface area (Å²) >= 11 is 3.26. The second-order valence-electron chi connectivity index (χ2n) is 4.11. The van der Waals surface area contributed by atoms with E-state index in [4.69, 9.17) is 4.74 Å². The van der Waals surface area contributed by atoms with Crippen LogP contribution in [0.3, 0.4) is 0 Å². The molecule has 1 saturated carbocycles. The van der Waals surface area contributed by atoms with Crippen LogP contribution in [-0.2, 0) is 6.54 Å². The summed E-state index contributed by atoms with van der Waals surface area (Å²) in [6.45, 7) is 5.19. The highest BCUT2D eigenvalue weighted by molar-refractivity contribution is 9.11. The van der Waals surface area contributed by atoms with Gasteiger partial charge >= 0.3 is 0 Å². The van der Waals surface area contributed by atoms with Crippen LogP contribution < -0.4 is 10.1 Å². The fourth-order valence-electron chi connectivity index (χ4n) is 1.41. The maximum absolute atomic E-state index is 5.49. The Morgan fingerprint density at radius 3 is 2.62 bits per heavy atom. The summed E-state index contributed by atoms with van der Waals surface area (Å²) in [5.41, 5.74) is 1.30. The number of hydrogen-bond donors (Lipinski definition) is 1. The van der Waals surface area contributed by atoms with Gasteiger partial charge in [0.15, 0.2) is 0 Å². The van der Waals surface area contributed by atoms with E-state index in [0.29, 0.717) is 6.61 Å². The molecule has 86 valence electrons. The Hall–Kier alpha value is -0.800. The van der Waals surface area contributed by atoms with Crippen molar-refractivity contribution in [2.24, 2.45) is 0 Å². The van der Waals surface area contributed by atoms with Crippen LogP contribution in [0.25, 0.3) is 0 Å². The van der Waals surface area contributed by atoms with Gasteiger partial charge in [0.2, 0.25) is 0 Å². The third-order valence-electron chi connectivity index (χ3n) is 2.49. The van der Waals surface area contributed by atoms with Gasteiger partial charge < -0.3 is 10.1 Å². The first-order valence-electron chi connectivity index (χ1n) is 5.52. The van der Waals surface area contributed by atoms with Crippen LogP contribution in [0, 0.1) is 0 Å². The summed E-state index contributed by atoms with van der Waals surface area (Å²) in [5.74, 6) is 0.885. The predicted octanol–water partition coefficient (Wildman–Crippen LogP) is 3.23. The molecular formula is C13H16BrNO. The molecule has 1 aliphatic carbocycles. The SMILES string of the molecule is C=C(Br)COc1ccc(CNC2CC2)cc1. The molecule has 2 nitrogen and oxygen atoms in total. The van der Waals surface area contributed by atoms with Crippen LogP contribution in [0.4, 0.5) is 0 Å². The number of halogens is 1. The Morgan fingerprint density at radius 1 is 1.38 bits per heavy atom. The Morgan fingerprint density at radius 2 is 2.06 bits per heavy atom. The highest BCUT2D eigenvalue weighted by atomic mass is 79.9. The molecule has 0 radical (unpaired) electrons. The minimum absolute atomic E-state index is 0.514. The first-order chi connectivity index (χ1) is 7.74. The van der Waals surface area contributed by atoms with Crippen LogP contribution >= 0.6 is 15.9 Å². The molecule has 2 rings (SSSR count). The summed E-state index contributed by atoms with van der Waals surface area (Å²) in [5, 5.41) is 3.48. The van der Waals surface area contributed by atoms with Crippen molar-refractivity contribution in [3.8, 4) is 5.75 Å². The molecule has 0 aliphatic heterocycles. The van der Waals surface area contributed by atoms with Crippen molar-refractivity contribution in [3.63, 3.8) is 0 Å². The lowest BCUT2D eigenvalue weighted by molar-refractivity contribution is 0.361. The minimum atomic E-state index is 0.514. The molecule has 0 saturated heterocycles. The lowest BCUT2D eigenvalue weighted by atomic mass is 10.2. The van der Waals surface area contributed by atoms with Crippen molar-refractivity contribution in [2.75, 3.05) is 6.61 Å². The van der Waals surface area contributed by atoms with E-state index in [1.807, 2.05) is 12.1 Å². The molecule has 0 aromatic heterocycles. The molecule has 0 unspecified atom stereocenters. The third-order valence-corrected chi connectivity index (χ3v) is 2.72. The number of benzene rings is 1. The van der Waals surface area contributed by atoms with Gasteiger partial charge in [0.1, 0.15) is 12.4 Å².